The molecule has 0 radical (unpaired) electrons. The Morgan fingerprint density at radius 1 is 1.32 bits per heavy atom. The maximum atomic E-state index is 12.0. The summed E-state index contributed by atoms with van der Waals surface area (Å²) in [6.07, 6.45) is -1.63. The highest BCUT2D eigenvalue weighted by atomic mass is 35.5. The Balaban J connectivity index is 1.69. The monoisotopic (exact) mass is 377 g/mol. The van der Waals surface area contributed by atoms with Gasteiger partial charge in [-0.3, -0.25) is 4.99 Å². The average Bonchev–Trinajstić information content (AvgIpc) is 3.34. The minimum atomic E-state index is -4.27. The highest BCUT2D eigenvalue weighted by Crippen LogP contribution is 2.48. The summed E-state index contributed by atoms with van der Waals surface area (Å²) in [4.78, 5) is 4.13. The summed E-state index contributed by atoms with van der Waals surface area (Å²) in [7, 11) is 1.66. The number of nitrogens with zero attached hydrogens (tertiary/aromatic N) is 1. The van der Waals surface area contributed by atoms with Gasteiger partial charge in [-0.25, -0.2) is 0 Å². The summed E-state index contributed by atoms with van der Waals surface area (Å²) < 4.78 is 40.4. The summed E-state index contributed by atoms with van der Waals surface area (Å²) >= 11 is 6.07. The number of guanidine groups is 1. The molecule has 8 heteroatoms. The average molecular weight is 378 g/mol. The smallest absolute Gasteiger partial charge is 0.372 e. The molecule has 25 heavy (non-hydrogen) atoms. The number of benzene rings is 1. The molecule has 1 aliphatic carbocycles. The molecule has 0 saturated heterocycles. The fourth-order valence-electron chi connectivity index (χ4n) is 2.58. The third kappa shape index (κ3) is 6.74. The lowest BCUT2D eigenvalue weighted by atomic mass is 9.96. The van der Waals surface area contributed by atoms with Crippen LogP contribution in [-0.2, 0) is 10.2 Å². The molecule has 0 bridgehead atoms. The van der Waals surface area contributed by atoms with Crippen molar-refractivity contribution in [2.75, 3.05) is 33.4 Å². The van der Waals surface area contributed by atoms with Crippen LogP contribution in [0.2, 0.25) is 5.02 Å². The zero-order chi connectivity index (χ0) is 18.3. The van der Waals surface area contributed by atoms with Crippen LogP contribution < -0.4 is 10.6 Å². The Kier molecular flexibility index (Phi) is 6.95. The van der Waals surface area contributed by atoms with Crippen molar-refractivity contribution in [3.8, 4) is 0 Å². The molecule has 1 fully saturated rings. The molecule has 4 nitrogen and oxygen atoms in total. The number of aliphatic imine (C=N–C) groups is 1. The van der Waals surface area contributed by atoms with Crippen molar-refractivity contribution >= 4 is 17.6 Å². The second-order valence-electron chi connectivity index (χ2n) is 6.16. The van der Waals surface area contributed by atoms with E-state index in [-0.39, 0.29) is 12.0 Å². The van der Waals surface area contributed by atoms with Gasteiger partial charge < -0.3 is 15.4 Å². The highest BCUT2D eigenvalue weighted by molar-refractivity contribution is 6.30. The highest BCUT2D eigenvalue weighted by Gasteiger charge is 2.44. The van der Waals surface area contributed by atoms with Gasteiger partial charge in [0, 0.05) is 37.2 Å². The molecule has 0 unspecified atom stereocenters. The van der Waals surface area contributed by atoms with Crippen molar-refractivity contribution < 1.29 is 17.9 Å². The van der Waals surface area contributed by atoms with E-state index < -0.39 is 12.8 Å². The predicted molar refractivity (Wildman–Crippen MR) is 93.2 cm³/mol. The number of halogens is 4. The Labute approximate surface area is 150 Å². The molecule has 2 N–H and O–H groups in total. The van der Waals surface area contributed by atoms with Crippen LogP contribution in [0.15, 0.2) is 29.3 Å². The Hall–Kier alpha value is -1.47. The van der Waals surface area contributed by atoms with Crippen LogP contribution in [0.3, 0.4) is 0 Å². The van der Waals surface area contributed by atoms with Gasteiger partial charge in [0.2, 0.25) is 0 Å². The molecule has 2 rings (SSSR count). The number of ether oxygens (including phenoxy) is 1. The van der Waals surface area contributed by atoms with Crippen molar-refractivity contribution in [3.05, 3.63) is 34.9 Å². The van der Waals surface area contributed by atoms with E-state index in [0.29, 0.717) is 18.9 Å². The van der Waals surface area contributed by atoms with Crippen molar-refractivity contribution in [3.63, 3.8) is 0 Å². The van der Waals surface area contributed by atoms with E-state index in [9.17, 15) is 13.2 Å². The number of alkyl halides is 3. The molecule has 0 aromatic heterocycles. The molecule has 0 spiro atoms. The summed E-state index contributed by atoms with van der Waals surface area (Å²) in [5.41, 5.74) is 1.29. The quantitative estimate of drug-likeness (QED) is 0.414. The maximum absolute atomic E-state index is 12.0. The van der Waals surface area contributed by atoms with Crippen LogP contribution in [0, 0.1) is 0 Å². The lowest BCUT2D eigenvalue weighted by molar-refractivity contribution is -0.173. The fraction of sp³-hybridized carbons (Fsp3) is 0.588. The molecule has 0 aliphatic heterocycles. The molecule has 0 amide bonds. The number of hydrogen-bond donors (Lipinski definition) is 2. The summed E-state index contributed by atoms with van der Waals surface area (Å²) in [6, 6.07) is 7.88. The van der Waals surface area contributed by atoms with E-state index in [1.807, 2.05) is 18.2 Å². The first-order valence-corrected chi connectivity index (χ1v) is 8.57. The van der Waals surface area contributed by atoms with E-state index in [4.69, 9.17) is 11.6 Å². The second-order valence-corrected chi connectivity index (χ2v) is 6.60. The SMILES string of the molecule is CN=C(NCCCOCC(F)(F)F)NCC1(c2cccc(Cl)c2)CC1. The van der Waals surface area contributed by atoms with E-state index in [1.54, 1.807) is 7.05 Å². The largest absolute Gasteiger partial charge is 0.411 e. The first-order valence-electron chi connectivity index (χ1n) is 8.20. The van der Waals surface area contributed by atoms with Gasteiger partial charge in [-0.05, 0) is 37.0 Å². The van der Waals surface area contributed by atoms with Crippen molar-refractivity contribution in [2.24, 2.45) is 4.99 Å². The topological polar surface area (TPSA) is 45.7 Å². The molecule has 1 saturated carbocycles. The van der Waals surface area contributed by atoms with Crippen LogP contribution in [0.5, 0.6) is 0 Å². The number of hydrogen-bond acceptors (Lipinski definition) is 2. The summed E-state index contributed by atoms with van der Waals surface area (Å²) in [5.74, 6) is 0.629. The molecular weight excluding hydrogens is 355 g/mol. The van der Waals surface area contributed by atoms with Crippen LogP contribution in [0.25, 0.3) is 0 Å². The molecule has 140 valence electrons. The van der Waals surface area contributed by atoms with Gasteiger partial charge >= 0.3 is 6.18 Å². The third-order valence-corrected chi connectivity index (χ3v) is 4.37. The van der Waals surface area contributed by atoms with Gasteiger partial charge in [-0.2, -0.15) is 13.2 Å². The van der Waals surface area contributed by atoms with Gasteiger partial charge in [0.25, 0.3) is 0 Å². The van der Waals surface area contributed by atoms with Crippen LogP contribution in [-0.4, -0.2) is 45.5 Å². The van der Waals surface area contributed by atoms with Gasteiger partial charge in [-0.1, -0.05) is 23.7 Å². The zero-order valence-electron chi connectivity index (χ0n) is 14.1. The number of nitrogens with one attached hydrogen (secondary N) is 2. The molecule has 1 aliphatic rings. The van der Waals surface area contributed by atoms with E-state index in [1.165, 1.54) is 5.56 Å². The normalized spacial score (nSPS) is 16.6. The Morgan fingerprint density at radius 2 is 2.08 bits per heavy atom. The lowest BCUT2D eigenvalue weighted by Crippen LogP contribution is -2.41. The van der Waals surface area contributed by atoms with Gasteiger partial charge in [0.05, 0.1) is 0 Å². The summed E-state index contributed by atoms with van der Waals surface area (Å²) in [5, 5.41) is 7.09. The molecule has 1 aromatic carbocycles. The molecule has 0 atom stereocenters. The molecular formula is C17H23ClF3N3O. The van der Waals surface area contributed by atoms with Crippen molar-refractivity contribution in [1.82, 2.24) is 10.6 Å². The number of rotatable bonds is 8. The zero-order valence-corrected chi connectivity index (χ0v) is 14.9. The van der Waals surface area contributed by atoms with E-state index >= 15 is 0 Å². The van der Waals surface area contributed by atoms with Gasteiger partial charge in [0.1, 0.15) is 6.61 Å². The van der Waals surface area contributed by atoms with E-state index in [2.05, 4.69) is 26.4 Å². The molecule has 1 aromatic rings. The van der Waals surface area contributed by atoms with Crippen LogP contribution in [0.4, 0.5) is 13.2 Å². The third-order valence-electron chi connectivity index (χ3n) is 4.13. The maximum Gasteiger partial charge on any atom is 0.411 e. The lowest BCUT2D eigenvalue weighted by Gasteiger charge is -2.19. The van der Waals surface area contributed by atoms with Gasteiger partial charge in [-0.15, -0.1) is 0 Å². The first-order chi connectivity index (χ1) is 11.8. The first kappa shape index (κ1) is 19.8. The second kappa shape index (κ2) is 8.76. The summed E-state index contributed by atoms with van der Waals surface area (Å²) in [6.45, 7) is 0.0668. The standard InChI is InChI=1S/C17H23ClF3N3O/c1-22-15(23-8-3-9-25-12-17(19,20)21)24-11-16(6-7-16)13-4-2-5-14(18)10-13/h2,4-5,10H,3,6-9,11-12H2,1H3,(H2,22,23,24). The molecule has 0 heterocycles. The Bertz CT molecular complexity index is 589. The fourth-order valence-corrected chi connectivity index (χ4v) is 2.77. The predicted octanol–water partition coefficient (Wildman–Crippen LogP) is 3.51. The Morgan fingerprint density at radius 3 is 2.68 bits per heavy atom. The van der Waals surface area contributed by atoms with Crippen molar-refractivity contribution in [1.29, 1.82) is 0 Å². The van der Waals surface area contributed by atoms with E-state index in [0.717, 1.165) is 24.4 Å². The minimum Gasteiger partial charge on any atom is -0.372 e. The minimum absolute atomic E-state index is 0.0515. The van der Waals surface area contributed by atoms with Crippen LogP contribution >= 0.6 is 11.6 Å². The van der Waals surface area contributed by atoms with Gasteiger partial charge in [0.15, 0.2) is 5.96 Å². The van der Waals surface area contributed by atoms with Crippen LogP contribution in [0.1, 0.15) is 24.8 Å². The van der Waals surface area contributed by atoms with Crippen molar-refractivity contribution in [2.45, 2.75) is 30.9 Å².